The normalized spacial score (nSPS) is 10.9. The van der Waals surface area contributed by atoms with E-state index in [1.807, 2.05) is 18.6 Å². The van der Waals surface area contributed by atoms with Gasteiger partial charge in [-0.2, -0.15) is 0 Å². The Labute approximate surface area is 107 Å². The third-order valence-corrected chi connectivity index (χ3v) is 2.95. The van der Waals surface area contributed by atoms with Crippen molar-refractivity contribution in [1.29, 1.82) is 0 Å². The van der Waals surface area contributed by atoms with E-state index in [4.69, 9.17) is 0 Å². The molecule has 0 unspecified atom stereocenters. The first-order chi connectivity index (χ1) is 8.58. The molecule has 1 N–H and O–H groups in total. The maximum Gasteiger partial charge on any atom is 0.128 e. The van der Waals surface area contributed by atoms with Crippen LogP contribution in [0, 0.1) is 12.7 Å². The molecule has 1 aromatic carbocycles. The van der Waals surface area contributed by atoms with Crippen molar-refractivity contribution in [2.45, 2.75) is 33.4 Å². The van der Waals surface area contributed by atoms with E-state index in [0.29, 0.717) is 18.2 Å². The fraction of sp³-hybridized carbons (Fsp3) is 0.357. The number of halogens is 1. The van der Waals surface area contributed by atoms with Gasteiger partial charge in [-0.05, 0) is 38.5 Å². The van der Waals surface area contributed by atoms with Gasteiger partial charge in [0.2, 0.25) is 0 Å². The van der Waals surface area contributed by atoms with Crippen LogP contribution in [0.15, 0.2) is 30.7 Å². The monoisotopic (exact) mass is 247 g/mol. The molecule has 0 atom stereocenters. The predicted octanol–water partition coefficient (Wildman–Crippen LogP) is 3.52. The van der Waals surface area contributed by atoms with Gasteiger partial charge in [0.25, 0.3) is 0 Å². The zero-order chi connectivity index (χ0) is 13.1. The van der Waals surface area contributed by atoms with Crippen LogP contribution >= 0.6 is 0 Å². The summed E-state index contributed by atoms with van der Waals surface area (Å²) in [6, 6.07) is 5.55. The van der Waals surface area contributed by atoms with Gasteiger partial charge in [0.05, 0.1) is 18.6 Å². The summed E-state index contributed by atoms with van der Waals surface area (Å²) in [5.74, 6) is -0.183. The molecule has 2 rings (SSSR count). The van der Waals surface area contributed by atoms with E-state index in [2.05, 4.69) is 28.7 Å². The lowest BCUT2D eigenvalue weighted by Crippen LogP contribution is -2.08. The third kappa shape index (κ3) is 2.70. The van der Waals surface area contributed by atoms with E-state index in [1.165, 1.54) is 6.07 Å². The van der Waals surface area contributed by atoms with E-state index in [-0.39, 0.29) is 5.82 Å². The van der Waals surface area contributed by atoms with Crippen molar-refractivity contribution in [2.24, 2.45) is 0 Å². The molecule has 0 aliphatic carbocycles. The van der Waals surface area contributed by atoms with E-state index >= 15 is 0 Å². The lowest BCUT2D eigenvalue weighted by atomic mass is 10.2. The van der Waals surface area contributed by atoms with Crippen LogP contribution in [-0.4, -0.2) is 9.55 Å². The fourth-order valence-corrected chi connectivity index (χ4v) is 1.83. The Kier molecular flexibility index (Phi) is 3.65. The predicted molar refractivity (Wildman–Crippen MR) is 71.1 cm³/mol. The minimum atomic E-state index is -0.183. The molecule has 2 aromatic rings. The van der Waals surface area contributed by atoms with Crippen LogP contribution in [0.3, 0.4) is 0 Å². The zero-order valence-corrected chi connectivity index (χ0v) is 10.9. The zero-order valence-electron chi connectivity index (χ0n) is 10.9. The molecule has 0 aliphatic heterocycles. The summed E-state index contributed by atoms with van der Waals surface area (Å²) in [6.45, 7) is 6.61. The number of aromatic nitrogens is 2. The molecule has 0 aliphatic rings. The van der Waals surface area contributed by atoms with E-state index in [0.717, 1.165) is 11.4 Å². The highest BCUT2D eigenvalue weighted by Crippen LogP contribution is 2.15. The molecule has 18 heavy (non-hydrogen) atoms. The standard InChI is InChI=1S/C14H18FN3/c1-10(2)18-9-16-7-13(18)8-17-12-5-4-11(3)14(15)6-12/h4-7,9-10,17H,8H2,1-3H3. The van der Waals surface area contributed by atoms with Crippen molar-refractivity contribution in [1.82, 2.24) is 9.55 Å². The molecule has 0 fully saturated rings. The lowest BCUT2D eigenvalue weighted by molar-refractivity contribution is 0.577. The van der Waals surface area contributed by atoms with Crippen LogP contribution in [0.1, 0.15) is 31.1 Å². The fourth-order valence-electron chi connectivity index (χ4n) is 1.83. The smallest absolute Gasteiger partial charge is 0.128 e. The van der Waals surface area contributed by atoms with E-state index in [1.54, 1.807) is 13.0 Å². The molecule has 0 saturated carbocycles. The van der Waals surface area contributed by atoms with Gasteiger partial charge >= 0.3 is 0 Å². The molecule has 0 bridgehead atoms. The molecule has 0 saturated heterocycles. The quantitative estimate of drug-likeness (QED) is 0.895. The number of imidazole rings is 1. The first-order valence-electron chi connectivity index (χ1n) is 6.08. The van der Waals surface area contributed by atoms with Crippen molar-refractivity contribution in [3.05, 3.63) is 47.8 Å². The Hall–Kier alpha value is -1.84. The summed E-state index contributed by atoms with van der Waals surface area (Å²) in [5.41, 5.74) is 2.54. The molecule has 0 amide bonds. The van der Waals surface area contributed by atoms with Crippen molar-refractivity contribution < 1.29 is 4.39 Å². The van der Waals surface area contributed by atoms with Crippen LogP contribution in [-0.2, 0) is 6.54 Å². The van der Waals surface area contributed by atoms with Gasteiger partial charge in [-0.1, -0.05) is 6.07 Å². The molecule has 1 aromatic heterocycles. The van der Waals surface area contributed by atoms with Crippen LogP contribution in [0.5, 0.6) is 0 Å². The van der Waals surface area contributed by atoms with Gasteiger partial charge in [0.15, 0.2) is 0 Å². The van der Waals surface area contributed by atoms with Gasteiger partial charge in [-0.3, -0.25) is 0 Å². The molecule has 4 heteroatoms. The third-order valence-electron chi connectivity index (χ3n) is 2.95. The number of anilines is 1. The van der Waals surface area contributed by atoms with Gasteiger partial charge in [-0.15, -0.1) is 0 Å². The summed E-state index contributed by atoms with van der Waals surface area (Å²) >= 11 is 0. The highest BCUT2D eigenvalue weighted by molar-refractivity contribution is 5.45. The van der Waals surface area contributed by atoms with Crippen LogP contribution < -0.4 is 5.32 Å². The minimum absolute atomic E-state index is 0.183. The second-order valence-electron chi connectivity index (χ2n) is 4.70. The van der Waals surface area contributed by atoms with Crippen molar-refractivity contribution in [2.75, 3.05) is 5.32 Å². The molecule has 0 radical (unpaired) electrons. The number of nitrogens with one attached hydrogen (secondary N) is 1. The first-order valence-corrected chi connectivity index (χ1v) is 6.08. The van der Waals surface area contributed by atoms with Gasteiger partial charge in [0, 0.05) is 17.9 Å². The summed E-state index contributed by atoms with van der Waals surface area (Å²) in [7, 11) is 0. The van der Waals surface area contributed by atoms with Crippen LogP contribution in [0.4, 0.5) is 10.1 Å². The van der Waals surface area contributed by atoms with Crippen LogP contribution in [0.2, 0.25) is 0 Å². The number of benzene rings is 1. The molecule has 1 heterocycles. The molecular weight excluding hydrogens is 229 g/mol. The Balaban J connectivity index is 2.07. The summed E-state index contributed by atoms with van der Waals surface area (Å²) in [6.07, 6.45) is 3.65. The summed E-state index contributed by atoms with van der Waals surface area (Å²) in [4.78, 5) is 4.14. The number of rotatable bonds is 4. The topological polar surface area (TPSA) is 29.9 Å². The lowest BCUT2D eigenvalue weighted by Gasteiger charge is -2.13. The van der Waals surface area contributed by atoms with Crippen molar-refractivity contribution in [3.8, 4) is 0 Å². The molecule has 0 spiro atoms. The Morgan fingerprint density at radius 1 is 1.39 bits per heavy atom. The highest BCUT2D eigenvalue weighted by atomic mass is 19.1. The van der Waals surface area contributed by atoms with Gasteiger partial charge < -0.3 is 9.88 Å². The maximum absolute atomic E-state index is 13.4. The maximum atomic E-state index is 13.4. The van der Waals surface area contributed by atoms with Gasteiger partial charge in [0.1, 0.15) is 5.82 Å². The summed E-state index contributed by atoms with van der Waals surface area (Å²) in [5, 5.41) is 3.21. The molecule has 96 valence electrons. The second-order valence-corrected chi connectivity index (χ2v) is 4.70. The number of aryl methyl sites for hydroxylation is 1. The SMILES string of the molecule is Cc1ccc(NCc2cncn2C(C)C)cc1F. The van der Waals surface area contributed by atoms with Crippen LogP contribution in [0.25, 0.3) is 0 Å². The average molecular weight is 247 g/mol. The second kappa shape index (κ2) is 5.21. The highest BCUT2D eigenvalue weighted by Gasteiger charge is 2.05. The largest absolute Gasteiger partial charge is 0.379 e. The molecule has 3 nitrogen and oxygen atoms in total. The van der Waals surface area contributed by atoms with E-state index in [9.17, 15) is 4.39 Å². The minimum Gasteiger partial charge on any atom is -0.379 e. The van der Waals surface area contributed by atoms with Crippen molar-refractivity contribution in [3.63, 3.8) is 0 Å². The summed E-state index contributed by atoms with van der Waals surface area (Å²) < 4.78 is 15.5. The Morgan fingerprint density at radius 3 is 2.83 bits per heavy atom. The Bertz CT molecular complexity index is 532. The van der Waals surface area contributed by atoms with E-state index < -0.39 is 0 Å². The number of nitrogens with zero attached hydrogens (tertiary/aromatic N) is 2. The van der Waals surface area contributed by atoms with Crippen molar-refractivity contribution >= 4 is 5.69 Å². The Morgan fingerprint density at radius 2 is 2.17 bits per heavy atom. The average Bonchev–Trinajstić information content (AvgIpc) is 2.79. The number of hydrogen-bond donors (Lipinski definition) is 1. The number of hydrogen-bond acceptors (Lipinski definition) is 2. The van der Waals surface area contributed by atoms with Gasteiger partial charge in [-0.25, -0.2) is 9.37 Å². The first kappa shape index (κ1) is 12.6. The molecular formula is C14H18FN3.